The molecule has 1 aromatic heterocycles. The van der Waals surface area contributed by atoms with Crippen molar-refractivity contribution >= 4 is 11.5 Å². The van der Waals surface area contributed by atoms with Crippen LogP contribution in [0.2, 0.25) is 0 Å². The second-order valence-electron chi connectivity index (χ2n) is 3.18. The maximum Gasteiger partial charge on any atom is 0.146 e. The number of rotatable bonds is 5. The van der Waals surface area contributed by atoms with Crippen LogP contribution in [-0.2, 0) is 4.74 Å². The van der Waals surface area contributed by atoms with Crippen LogP contribution in [0.4, 0.5) is 11.5 Å². The average molecular weight is 195 g/mol. The molecule has 1 heterocycles. The summed E-state index contributed by atoms with van der Waals surface area (Å²) in [4.78, 5) is 6.12. The number of ether oxygens (including phenoxy) is 1. The van der Waals surface area contributed by atoms with Gasteiger partial charge in [-0.15, -0.1) is 0 Å². The Morgan fingerprint density at radius 2 is 2.36 bits per heavy atom. The third-order valence-electron chi connectivity index (χ3n) is 2.07. The number of nitrogen functional groups attached to an aromatic ring is 1. The molecule has 0 atom stereocenters. The van der Waals surface area contributed by atoms with E-state index in [-0.39, 0.29) is 0 Å². The van der Waals surface area contributed by atoms with Crippen molar-refractivity contribution in [1.82, 2.24) is 4.98 Å². The Labute approximate surface area is 84.7 Å². The van der Waals surface area contributed by atoms with Crippen LogP contribution in [0.15, 0.2) is 18.3 Å². The van der Waals surface area contributed by atoms with Crippen LogP contribution < -0.4 is 10.6 Å². The predicted octanol–water partition coefficient (Wildman–Crippen LogP) is 1.14. The standard InChI is InChI=1S/C10H17N3O/c1-13(7-4-8-14-2)9-5-3-6-12-10(9)11/h3,5-6H,4,7-8H2,1-2H3,(H2,11,12). The van der Waals surface area contributed by atoms with Gasteiger partial charge in [-0.05, 0) is 18.6 Å². The molecule has 4 heteroatoms. The summed E-state index contributed by atoms with van der Waals surface area (Å²) in [5.41, 5.74) is 6.72. The normalized spacial score (nSPS) is 10.1. The molecule has 14 heavy (non-hydrogen) atoms. The highest BCUT2D eigenvalue weighted by atomic mass is 16.5. The highest BCUT2D eigenvalue weighted by Crippen LogP contribution is 2.18. The minimum absolute atomic E-state index is 0.576. The van der Waals surface area contributed by atoms with Gasteiger partial charge in [-0.2, -0.15) is 0 Å². The van der Waals surface area contributed by atoms with E-state index < -0.39 is 0 Å². The lowest BCUT2D eigenvalue weighted by atomic mass is 10.3. The van der Waals surface area contributed by atoms with E-state index in [9.17, 15) is 0 Å². The van der Waals surface area contributed by atoms with Crippen LogP contribution in [0.25, 0.3) is 0 Å². The topological polar surface area (TPSA) is 51.4 Å². The Bertz CT molecular complexity index is 278. The Balaban J connectivity index is 2.51. The lowest BCUT2D eigenvalue weighted by molar-refractivity contribution is 0.196. The summed E-state index contributed by atoms with van der Waals surface area (Å²) in [6.07, 6.45) is 2.68. The number of nitrogens with two attached hydrogens (primary N) is 1. The molecule has 1 aromatic rings. The van der Waals surface area contributed by atoms with Gasteiger partial charge in [0.05, 0.1) is 5.69 Å². The minimum Gasteiger partial charge on any atom is -0.385 e. The van der Waals surface area contributed by atoms with Gasteiger partial charge in [0.25, 0.3) is 0 Å². The molecule has 0 saturated heterocycles. The molecule has 0 bridgehead atoms. The second-order valence-corrected chi connectivity index (χ2v) is 3.18. The molecule has 0 fully saturated rings. The van der Waals surface area contributed by atoms with E-state index in [2.05, 4.69) is 9.88 Å². The fraction of sp³-hybridized carbons (Fsp3) is 0.500. The van der Waals surface area contributed by atoms with Crippen molar-refractivity contribution in [3.63, 3.8) is 0 Å². The summed E-state index contributed by atoms with van der Waals surface area (Å²) in [6.45, 7) is 1.69. The van der Waals surface area contributed by atoms with Crippen LogP contribution in [0.1, 0.15) is 6.42 Å². The molecular weight excluding hydrogens is 178 g/mol. The number of nitrogens with zero attached hydrogens (tertiary/aromatic N) is 2. The van der Waals surface area contributed by atoms with Crippen LogP contribution >= 0.6 is 0 Å². The highest BCUT2D eigenvalue weighted by Gasteiger charge is 2.04. The SMILES string of the molecule is COCCCN(C)c1cccnc1N. The Morgan fingerprint density at radius 1 is 1.57 bits per heavy atom. The summed E-state index contributed by atoms with van der Waals surface area (Å²) in [5.74, 6) is 0.576. The quantitative estimate of drug-likeness (QED) is 0.716. The fourth-order valence-electron chi connectivity index (χ4n) is 1.30. The van der Waals surface area contributed by atoms with Gasteiger partial charge in [0.2, 0.25) is 0 Å². The molecule has 78 valence electrons. The molecule has 2 N–H and O–H groups in total. The smallest absolute Gasteiger partial charge is 0.146 e. The largest absolute Gasteiger partial charge is 0.385 e. The molecule has 4 nitrogen and oxygen atoms in total. The van der Waals surface area contributed by atoms with E-state index >= 15 is 0 Å². The van der Waals surface area contributed by atoms with Crippen molar-refractivity contribution in [2.45, 2.75) is 6.42 Å². The summed E-state index contributed by atoms with van der Waals surface area (Å²) < 4.78 is 4.98. The molecular formula is C10H17N3O. The molecule has 0 radical (unpaired) electrons. The van der Waals surface area contributed by atoms with Crippen molar-refractivity contribution in [2.75, 3.05) is 37.9 Å². The van der Waals surface area contributed by atoms with E-state index in [0.29, 0.717) is 5.82 Å². The Hall–Kier alpha value is -1.29. The van der Waals surface area contributed by atoms with Crippen molar-refractivity contribution < 1.29 is 4.74 Å². The number of pyridine rings is 1. The van der Waals surface area contributed by atoms with Crippen molar-refractivity contribution in [3.8, 4) is 0 Å². The minimum atomic E-state index is 0.576. The van der Waals surface area contributed by atoms with Crippen LogP contribution in [0.3, 0.4) is 0 Å². The molecule has 0 aliphatic heterocycles. The Kier molecular flexibility index (Phi) is 4.19. The lowest BCUT2D eigenvalue weighted by Gasteiger charge is -2.19. The van der Waals surface area contributed by atoms with E-state index in [1.165, 1.54) is 0 Å². The molecule has 0 unspecified atom stereocenters. The monoisotopic (exact) mass is 195 g/mol. The number of hydrogen-bond acceptors (Lipinski definition) is 4. The van der Waals surface area contributed by atoms with Gasteiger partial charge in [0.15, 0.2) is 0 Å². The second kappa shape index (κ2) is 5.44. The maximum atomic E-state index is 5.74. The van der Waals surface area contributed by atoms with E-state index in [1.54, 1.807) is 13.3 Å². The third kappa shape index (κ3) is 2.88. The van der Waals surface area contributed by atoms with Crippen molar-refractivity contribution in [1.29, 1.82) is 0 Å². The van der Waals surface area contributed by atoms with Crippen molar-refractivity contribution in [3.05, 3.63) is 18.3 Å². The van der Waals surface area contributed by atoms with E-state index in [1.807, 2.05) is 19.2 Å². The summed E-state index contributed by atoms with van der Waals surface area (Å²) >= 11 is 0. The fourth-order valence-corrected chi connectivity index (χ4v) is 1.30. The van der Waals surface area contributed by atoms with Gasteiger partial charge in [0.1, 0.15) is 5.82 Å². The lowest BCUT2D eigenvalue weighted by Crippen LogP contribution is -2.21. The summed E-state index contributed by atoms with van der Waals surface area (Å²) in [7, 11) is 3.71. The van der Waals surface area contributed by atoms with Crippen LogP contribution in [0, 0.1) is 0 Å². The van der Waals surface area contributed by atoms with Crippen molar-refractivity contribution in [2.24, 2.45) is 0 Å². The zero-order valence-corrected chi connectivity index (χ0v) is 8.73. The molecule has 0 aliphatic carbocycles. The zero-order valence-electron chi connectivity index (χ0n) is 8.73. The first-order valence-corrected chi connectivity index (χ1v) is 4.66. The Morgan fingerprint density at radius 3 is 3.00 bits per heavy atom. The number of anilines is 2. The molecule has 0 spiro atoms. The van der Waals surface area contributed by atoms with Gasteiger partial charge in [-0.1, -0.05) is 0 Å². The van der Waals surface area contributed by atoms with Gasteiger partial charge in [0, 0.05) is 33.5 Å². The van der Waals surface area contributed by atoms with Crippen LogP contribution in [0.5, 0.6) is 0 Å². The number of hydrogen-bond donors (Lipinski definition) is 1. The van der Waals surface area contributed by atoms with Gasteiger partial charge >= 0.3 is 0 Å². The van der Waals surface area contributed by atoms with Crippen LogP contribution in [-0.4, -0.2) is 32.3 Å². The predicted molar refractivity (Wildman–Crippen MR) is 58.4 cm³/mol. The molecule has 0 aliphatic rings. The summed E-state index contributed by atoms with van der Waals surface area (Å²) in [6, 6.07) is 3.85. The molecule has 0 amide bonds. The summed E-state index contributed by atoms with van der Waals surface area (Å²) in [5, 5.41) is 0. The third-order valence-corrected chi connectivity index (χ3v) is 2.07. The highest BCUT2D eigenvalue weighted by molar-refractivity contribution is 5.62. The molecule has 0 aromatic carbocycles. The average Bonchev–Trinajstić information content (AvgIpc) is 2.18. The first-order chi connectivity index (χ1) is 6.75. The molecule has 0 saturated carbocycles. The van der Waals surface area contributed by atoms with Gasteiger partial charge < -0.3 is 15.4 Å². The van der Waals surface area contributed by atoms with E-state index in [4.69, 9.17) is 10.5 Å². The maximum absolute atomic E-state index is 5.74. The zero-order chi connectivity index (χ0) is 10.4. The van der Waals surface area contributed by atoms with Gasteiger partial charge in [-0.25, -0.2) is 4.98 Å². The number of methoxy groups -OCH3 is 1. The first-order valence-electron chi connectivity index (χ1n) is 4.66. The van der Waals surface area contributed by atoms with E-state index in [0.717, 1.165) is 25.3 Å². The molecule has 1 rings (SSSR count). The number of aromatic nitrogens is 1. The first kappa shape index (κ1) is 10.8. The van der Waals surface area contributed by atoms with Gasteiger partial charge in [-0.3, -0.25) is 0 Å².